The summed E-state index contributed by atoms with van der Waals surface area (Å²) in [5, 5.41) is 14.4. The maximum absolute atomic E-state index is 15.9. The van der Waals surface area contributed by atoms with Crippen LogP contribution in [0.3, 0.4) is 0 Å². The van der Waals surface area contributed by atoms with Crippen molar-refractivity contribution in [3.05, 3.63) is 79.7 Å². The number of aliphatic carboxylic acids is 1. The van der Waals surface area contributed by atoms with Crippen molar-refractivity contribution in [2.75, 3.05) is 44.4 Å². The van der Waals surface area contributed by atoms with E-state index in [0.717, 1.165) is 39.0 Å². The summed E-state index contributed by atoms with van der Waals surface area (Å²) in [5.74, 6) is -0.635. The molecule has 0 saturated carbocycles. The molecule has 1 atom stereocenters. The normalized spacial score (nSPS) is 15.0. The Morgan fingerprint density at radius 1 is 1.24 bits per heavy atom. The van der Waals surface area contributed by atoms with Gasteiger partial charge < -0.3 is 28.6 Å². The molecule has 0 amide bonds. The summed E-state index contributed by atoms with van der Waals surface area (Å²) >= 11 is 0. The van der Waals surface area contributed by atoms with Gasteiger partial charge in [-0.25, -0.2) is 14.2 Å². The molecule has 0 radical (unpaired) electrons. The molecule has 0 spiro atoms. The molecule has 12 nitrogen and oxygen atoms in total. The second-order valence-corrected chi connectivity index (χ2v) is 12.9. The number of hydrogen-bond donors (Lipinski definition) is 1. The van der Waals surface area contributed by atoms with Crippen LogP contribution in [0.5, 0.6) is 5.75 Å². The lowest BCUT2D eigenvalue weighted by Gasteiger charge is -2.27. The number of aryl methyl sites for hydroxylation is 2. The number of halogens is 1. The smallest absolute Gasteiger partial charge is 0.337 e. The molecule has 4 heterocycles. The quantitative estimate of drug-likeness (QED) is 0.0667. The molecule has 0 bridgehead atoms. The van der Waals surface area contributed by atoms with Crippen molar-refractivity contribution in [2.24, 2.45) is 5.11 Å². The lowest BCUT2D eigenvalue weighted by atomic mass is 9.84. The summed E-state index contributed by atoms with van der Waals surface area (Å²) in [6.45, 7) is 12.8. The third-order valence-corrected chi connectivity index (χ3v) is 9.14. The lowest BCUT2D eigenvalue weighted by Crippen LogP contribution is -2.26. The van der Waals surface area contributed by atoms with Gasteiger partial charge in [-0.3, -0.25) is 4.98 Å². The largest absolute Gasteiger partial charge is 0.490 e. The Kier molecular flexibility index (Phi) is 12.9. The summed E-state index contributed by atoms with van der Waals surface area (Å²) in [4.78, 5) is 27.4. The zero-order valence-corrected chi connectivity index (χ0v) is 30.1. The molecule has 2 aromatic heterocycles. The number of anilines is 1. The average molecular weight is 703 g/mol. The summed E-state index contributed by atoms with van der Waals surface area (Å²) in [6.07, 6.45) is 8.85. The Morgan fingerprint density at radius 3 is 2.76 bits per heavy atom. The van der Waals surface area contributed by atoms with E-state index in [-0.39, 0.29) is 18.9 Å². The first-order chi connectivity index (χ1) is 24.7. The molecule has 2 aliphatic heterocycles. The number of nitrogens with zero attached hydrogens (tertiary/aromatic N) is 6. The van der Waals surface area contributed by atoms with Crippen LogP contribution < -0.4 is 9.64 Å². The molecule has 0 aliphatic carbocycles. The van der Waals surface area contributed by atoms with Gasteiger partial charge in [-0.2, -0.15) is 0 Å². The number of carbonyl (C=O) groups is 1. The monoisotopic (exact) mass is 702 g/mol. The van der Waals surface area contributed by atoms with Gasteiger partial charge in [0.25, 0.3) is 0 Å². The number of carboxylic acids is 1. The van der Waals surface area contributed by atoms with E-state index in [1.54, 1.807) is 13.1 Å². The number of fused-ring (bicyclic) bond motifs is 1. The summed E-state index contributed by atoms with van der Waals surface area (Å²) in [6, 6.07) is 1.34. The van der Waals surface area contributed by atoms with Crippen LogP contribution in [0.1, 0.15) is 98.5 Å². The van der Waals surface area contributed by atoms with E-state index in [0.29, 0.717) is 94.6 Å². The fourth-order valence-corrected chi connectivity index (χ4v) is 6.79. The summed E-state index contributed by atoms with van der Waals surface area (Å²) in [7, 11) is 0. The van der Waals surface area contributed by atoms with Crippen molar-refractivity contribution in [1.29, 1.82) is 0 Å². The Labute approximate surface area is 298 Å². The Hall–Kier alpha value is -4.71. The van der Waals surface area contributed by atoms with Crippen LogP contribution in [0, 0.1) is 19.7 Å². The minimum atomic E-state index is -1.40. The highest BCUT2D eigenvalue weighted by atomic mass is 19.1. The predicted molar refractivity (Wildman–Crippen MR) is 193 cm³/mol. The molecular weight excluding hydrogens is 655 g/mol. The zero-order chi connectivity index (χ0) is 36.5. The Bertz CT molecular complexity index is 1850. The zero-order valence-electron chi connectivity index (χ0n) is 30.1. The number of azide groups is 1. The number of allylic oxidation sites excluding steroid dienone is 1. The third kappa shape index (κ3) is 8.61. The van der Waals surface area contributed by atoms with Crippen molar-refractivity contribution in [2.45, 2.75) is 85.8 Å². The van der Waals surface area contributed by atoms with Crippen molar-refractivity contribution in [1.82, 2.24) is 9.97 Å². The summed E-state index contributed by atoms with van der Waals surface area (Å²) < 4.78 is 39.6. The fraction of sp³-hybridized carbons (Fsp3) is 0.500. The molecule has 0 fully saturated rings. The van der Waals surface area contributed by atoms with E-state index in [1.165, 1.54) is 11.6 Å². The molecular formula is C38H47FN6O6. The number of benzene rings is 1. The van der Waals surface area contributed by atoms with E-state index in [1.807, 2.05) is 26.8 Å². The minimum Gasteiger partial charge on any atom is -0.490 e. The summed E-state index contributed by atoms with van der Waals surface area (Å²) in [5.41, 5.74) is 15.1. The lowest BCUT2D eigenvalue weighted by molar-refractivity contribution is -0.150. The molecule has 51 heavy (non-hydrogen) atoms. The van der Waals surface area contributed by atoms with Gasteiger partial charge in [0, 0.05) is 58.3 Å². The van der Waals surface area contributed by atoms with Gasteiger partial charge in [0.05, 0.1) is 32.6 Å². The minimum absolute atomic E-state index is 0.0905. The van der Waals surface area contributed by atoms with Gasteiger partial charge in [-0.05, 0) is 99.2 Å². The number of oxazole rings is 1. The van der Waals surface area contributed by atoms with Crippen LogP contribution >= 0.6 is 0 Å². The third-order valence-electron chi connectivity index (χ3n) is 9.14. The van der Waals surface area contributed by atoms with Gasteiger partial charge in [0.2, 0.25) is 11.8 Å². The molecule has 1 aromatic carbocycles. The van der Waals surface area contributed by atoms with Crippen LogP contribution in [0.4, 0.5) is 10.3 Å². The van der Waals surface area contributed by atoms with Gasteiger partial charge in [0.15, 0.2) is 17.7 Å². The predicted octanol–water partition coefficient (Wildman–Crippen LogP) is 8.69. The topological polar surface area (TPSA) is 156 Å². The van der Waals surface area contributed by atoms with Gasteiger partial charge in [-0.1, -0.05) is 25.0 Å². The Morgan fingerprint density at radius 2 is 2.06 bits per heavy atom. The average Bonchev–Trinajstić information content (AvgIpc) is 3.62. The highest BCUT2D eigenvalue weighted by molar-refractivity contribution is 5.91. The molecule has 0 saturated heterocycles. The first kappa shape index (κ1) is 37.5. The Balaban J connectivity index is 1.68. The van der Waals surface area contributed by atoms with Crippen molar-refractivity contribution >= 4 is 23.5 Å². The molecule has 2 aliphatic rings. The number of hydrogen-bond acceptors (Lipinski definition) is 9. The van der Waals surface area contributed by atoms with Crippen molar-refractivity contribution < 1.29 is 32.9 Å². The molecule has 0 unspecified atom stereocenters. The van der Waals surface area contributed by atoms with Crippen LogP contribution in [0.25, 0.3) is 33.2 Å². The molecule has 1 N–H and O–H groups in total. The van der Waals surface area contributed by atoms with E-state index >= 15 is 4.39 Å². The van der Waals surface area contributed by atoms with Gasteiger partial charge in [-0.15, -0.1) is 0 Å². The first-order valence-corrected chi connectivity index (χ1v) is 17.7. The maximum atomic E-state index is 15.9. The second-order valence-electron chi connectivity index (χ2n) is 12.9. The molecule has 272 valence electrons. The number of rotatable bonds is 16. The van der Waals surface area contributed by atoms with Gasteiger partial charge >= 0.3 is 5.97 Å². The standard InChI is InChI=1S/C38H47FN6O6/c1-6-13-45(14-12-26-10-8-16-48-22-26)32-21-41-37(51-32)23(3)18-28-24(4)43-25(5)33(36(38(46)47)49-15-7-2)34(28)29-19-31(39)35-27(11-9-17-50-35)30(29)20-42-44-40/h10,18-19,21,36H,6-9,11-17,20,22H2,1-5H3,(H,46,47)/b23-18+/t36-/m0/s1. The van der Waals surface area contributed by atoms with Crippen molar-refractivity contribution in [3.8, 4) is 16.9 Å². The van der Waals surface area contributed by atoms with Crippen LogP contribution in [0.15, 0.2) is 33.4 Å². The highest BCUT2D eigenvalue weighted by Gasteiger charge is 2.32. The number of ether oxygens (including phenoxy) is 3. The molecule has 13 heteroatoms. The van der Waals surface area contributed by atoms with Crippen LogP contribution in [0.2, 0.25) is 0 Å². The highest BCUT2D eigenvalue weighted by Crippen LogP contribution is 2.44. The molecule has 5 rings (SSSR count). The van der Waals surface area contributed by atoms with Crippen molar-refractivity contribution in [3.63, 3.8) is 0 Å². The van der Waals surface area contributed by atoms with Gasteiger partial charge in [0.1, 0.15) is 0 Å². The second kappa shape index (κ2) is 17.5. The first-order valence-electron chi connectivity index (χ1n) is 17.7. The van der Waals surface area contributed by atoms with E-state index in [9.17, 15) is 15.4 Å². The maximum Gasteiger partial charge on any atom is 0.337 e. The SMILES string of the molecule is CCCO[C@H](C(=O)O)c1c(C)nc(C)c(/C=C(\C)c2ncc(N(CCC)CCC3=CCCOC3)o2)c1-c1cc(F)c2c(c1CN=[N+]=[N-])CCCO2. The number of aromatic nitrogens is 2. The fourth-order valence-electron chi connectivity index (χ4n) is 6.79. The van der Waals surface area contributed by atoms with E-state index in [4.69, 9.17) is 23.6 Å². The van der Waals surface area contributed by atoms with E-state index in [2.05, 4.69) is 32.9 Å². The van der Waals surface area contributed by atoms with Crippen LogP contribution in [-0.4, -0.2) is 60.6 Å². The number of carboxylic acid groups (broad SMARTS) is 1. The number of pyridine rings is 1. The van der Waals surface area contributed by atoms with E-state index < -0.39 is 17.9 Å². The molecule has 3 aromatic rings. The van der Waals surface area contributed by atoms with Crippen LogP contribution in [-0.2, 0) is 27.2 Å².